The van der Waals surface area contributed by atoms with Crippen LogP contribution in [0.3, 0.4) is 0 Å². The van der Waals surface area contributed by atoms with Crippen molar-refractivity contribution in [2.75, 3.05) is 0 Å². The molecule has 5 heteroatoms. The zero-order chi connectivity index (χ0) is 23.1. The molecule has 0 atom stereocenters. The highest BCUT2D eigenvalue weighted by atomic mass is 16.6. The van der Waals surface area contributed by atoms with Crippen molar-refractivity contribution in [1.82, 2.24) is 5.32 Å². The molecule has 0 radical (unpaired) electrons. The maximum atomic E-state index is 12.0. The smallest absolute Gasteiger partial charge is 0.407 e. The zero-order valence-corrected chi connectivity index (χ0v) is 19.7. The number of fused-ring (bicyclic) bond motifs is 1. The Balaban J connectivity index is 1.82. The molecule has 1 N–H and O–H groups in total. The van der Waals surface area contributed by atoms with Gasteiger partial charge in [0.25, 0.3) is 0 Å². The van der Waals surface area contributed by atoms with E-state index in [0.29, 0.717) is 13.2 Å². The topological polar surface area (TPSA) is 60.7 Å². The summed E-state index contributed by atoms with van der Waals surface area (Å²) < 4.78 is 17.2. The van der Waals surface area contributed by atoms with Crippen molar-refractivity contribution < 1.29 is 18.7 Å². The number of hydrogen-bond donors (Lipinski definition) is 1. The quantitative estimate of drug-likeness (QED) is 0.376. The number of nitrogens with one attached hydrogen (secondary N) is 1. The zero-order valence-electron chi connectivity index (χ0n) is 19.7. The van der Waals surface area contributed by atoms with Crippen molar-refractivity contribution in [2.24, 2.45) is 0 Å². The maximum Gasteiger partial charge on any atom is 0.407 e. The molecule has 0 fully saturated rings. The summed E-state index contributed by atoms with van der Waals surface area (Å²) in [5, 5.41) is 3.86. The fraction of sp³-hybridized carbons (Fsp3) is 0.370. The summed E-state index contributed by atoms with van der Waals surface area (Å²) >= 11 is 0. The van der Waals surface area contributed by atoms with Crippen molar-refractivity contribution in [3.05, 3.63) is 71.7 Å². The number of ether oxygens (including phenoxy) is 2. The summed E-state index contributed by atoms with van der Waals surface area (Å²) in [6, 6.07) is 14.3. The number of amides is 1. The summed E-state index contributed by atoms with van der Waals surface area (Å²) in [7, 11) is 0. The number of benzene rings is 2. The highest BCUT2D eigenvalue weighted by molar-refractivity contribution is 5.93. The average Bonchev–Trinajstić information content (AvgIpc) is 3.22. The Morgan fingerprint density at radius 1 is 1.09 bits per heavy atom. The highest BCUT2D eigenvalue weighted by Crippen LogP contribution is 2.32. The largest absolute Gasteiger partial charge is 0.494 e. The van der Waals surface area contributed by atoms with Crippen LogP contribution < -0.4 is 5.32 Å². The summed E-state index contributed by atoms with van der Waals surface area (Å²) in [6.07, 6.45) is 5.24. The predicted octanol–water partition coefficient (Wildman–Crippen LogP) is 7.35. The van der Waals surface area contributed by atoms with Gasteiger partial charge in [-0.3, -0.25) is 0 Å². The van der Waals surface area contributed by atoms with Crippen LogP contribution in [0.25, 0.3) is 22.1 Å². The summed E-state index contributed by atoms with van der Waals surface area (Å²) in [5.74, 6) is 1.01. The standard InChI is InChI=1S/C27H33NO4/c1-6-9-23(7-2)31-18-20-15-22-12-13-30-25(22)24(16-20)21-11-8-10-19(14-21)17-28-26(29)32-27(3,4)5/h8-16H,6-7,17-18H2,1-5H3,(H,28,29)/b23-9+. The van der Waals surface area contributed by atoms with Gasteiger partial charge in [0.1, 0.15) is 17.8 Å². The number of furan rings is 1. The van der Waals surface area contributed by atoms with Crippen LogP contribution in [0.15, 0.2) is 65.0 Å². The second kappa shape index (κ2) is 10.4. The molecule has 3 rings (SSSR count). The number of carbonyl (C=O) groups excluding carboxylic acids is 1. The summed E-state index contributed by atoms with van der Waals surface area (Å²) in [5.41, 5.74) is 4.41. The van der Waals surface area contributed by atoms with E-state index in [0.717, 1.165) is 51.8 Å². The Hall–Kier alpha value is -3.21. The van der Waals surface area contributed by atoms with Gasteiger partial charge in [0.15, 0.2) is 0 Å². The van der Waals surface area contributed by atoms with Gasteiger partial charge in [0.05, 0.1) is 12.0 Å². The average molecular weight is 436 g/mol. The number of hydrogen-bond acceptors (Lipinski definition) is 4. The first-order chi connectivity index (χ1) is 15.3. The van der Waals surface area contributed by atoms with E-state index in [4.69, 9.17) is 13.9 Å². The Bertz CT molecular complexity index is 1090. The maximum absolute atomic E-state index is 12.0. The first kappa shape index (κ1) is 23.5. The second-order valence-electron chi connectivity index (χ2n) is 8.76. The van der Waals surface area contributed by atoms with Gasteiger partial charge in [-0.15, -0.1) is 0 Å². The molecule has 0 saturated heterocycles. The third-order valence-electron chi connectivity index (χ3n) is 4.89. The molecule has 0 spiro atoms. The van der Waals surface area contributed by atoms with Crippen LogP contribution in [0.5, 0.6) is 0 Å². The number of allylic oxidation sites excluding steroid dienone is 2. The first-order valence-corrected chi connectivity index (χ1v) is 11.2. The van der Waals surface area contributed by atoms with Crippen LogP contribution in [-0.4, -0.2) is 11.7 Å². The lowest BCUT2D eigenvalue weighted by Gasteiger charge is -2.19. The van der Waals surface area contributed by atoms with Crippen LogP contribution in [0, 0.1) is 0 Å². The lowest BCUT2D eigenvalue weighted by atomic mass is 9.99. The Kier molecular flexibility index (Phi) is 7.62. The normalized spacial score (nSPS) is 12.1. The molecule has 0 bridgehead atoms. The molecular formula is C27H33NO4. The van der Waals surface area contributed by atoms with Crippen LogP contribution >= 0.6 is 0 Å². The van der Waals surface area contributed by atoms with Gasteiger partial charge in [-0.25, -0.2) is 4.79 Å². The van der Waals surface area contributed by atoms with Crippen LogP contribution in [0.4, 0.5) is 4.79 Å². The van der Waals surface area contributed by atoms with E-state index in [1.54, 1.807) is 6.26 Å². The second-order valence-corrected chi connectivity index (χ2v) is 8.76. The molecule has 0 aliphatic carbocycles. The van der Waals surface area contributed by atoms with Gasteiger partial charge >= 0.3 is 6.09 Å². The van der Waals surface area contributed by atoms with Gasteiger partial charge in [0.2, 0.25) is 0 Å². The summed E-state index contributed by atoms with van der Waals surface area (Å²) in [6.45, 7) is 10.6. The fourth-order valence-electron chi connectivity index (χ4n) is 3.49. The van der Waals surface area contributed by atoms with Gasteiger partial charge < -0.3 is 19.2 Å². The molecule has 170 valence electrons. The molecule has 32 heavy (non-hydrogen) atoms. The number of alkyl carbamates (subject to hydrolysis) is 1. The molecule has 5 nitrogen and oxygen atoms in total. The van der Waals surface area contributed by atoms with Crippen molar-refractivity contribution >= 4 is 17.1 Å². The molecular weight excluding hydrogens is 402 g/mol. The Morgan fingerprint density at radius 3 is 2.62 bits per heavy atom. The minimum absolute atomic E-state index is 0.383. The molecule has 0 unspecified atom stereocenters. The van der Waals surface area contributed by atoms with Crippen LogP contribution in [0.1, 0.15) is 58.6 Å². The molecule has 3 aromatic rings. The highest BCUT2D eigenvalue weighted by Gasteiger charge is 2.16. The monoisotopic (exact) mass is 435 g/mol. The first-order valence-electron chi connectivity index (χ1n) is 11.2. The molecule has 0 aliphatic heterocycles. The van der Waals surface area contributed by atoms with E-state index in [1.807, 2.05) is 45.0 Å². The Morgan fingerprint density at radius 2 is 1.91 bits per heavy atom. The minimum atomic E-state index is -0.525. The van der Waals surface area contributed by atoms with Crippen LogP contribution in [-0.2, 0) is 22.6 Å². The molecule has 1 heterocycles. The summed E-state index contributed by atoms with van der Waals surface area (Å²) in [4.78, 5) is 12.0. The third-order valence-corrected chi connectivity index (χ3v) is 4.89. The van der Waals surface area contributed by atoms with Gasteiger partial charge in [-0.05, 0) is 74.2 Å². The molecule has 2 aromatic carbocycles. The van der Waals surface area contributed by atoms with E-state index in [-0.39, 0.29) is 0 Å². The fourth-order valence-corrected chi connectivity index (χ4v) is 3.49. The predicted molar refractivity (Wildman–Crippen MR) is 128 cm³/mol. The lowest BCUT2D eigenvalue weighted by Crippen LogP contribution is -2.32. The van der Waals surface area contributed by atoms with Gasteiger partial charge in [-0.1, -0.05) is 32.0 Å². The lowest BCUT2D eigenvalue weighted by molar-refractivity contribution is 0.0523. The molecule has 0 saturated carbocycles. The number of rotatable bonds is 8. The van der Waals surface area contributed by atoms with Gasteiger partial charge in [-0.2, -0.15) is 0 Å². The number of carbonyl (C=O) groups is 1. The van der Waals surface area contributed by atoms with Crippen molar-refractivity contribution in [2.45, 2.75) is 66.2 Å². The van der Waals surface area contributed by atoms with E-state index in [2.05, 4.69) is 43.4 Å². The van der Waals surface area contributed by atoms with E-state index in [9.17, 15) is 4.79 Å². The van der Waals surface area contributed by atoms with Crippen molar-refractivity contribution in [1.29, 1.82) is 0 Å². The molecule has 1 amide bonds. The van der Waals surface area contributed by atoms with Crippen molar-refractivity contribution in [3.63, 3.8) is 0 Å². The Labute approximate surface area is 190 Å². The van der Waals surface area contributed by atoms with Crippen molar-refractivity contribution in [3.8, 4) is 11.1 Å². The van der Waals surface area contributed by atoms with E-state index < -0.39 is 11.7 Å². The van der Waals surface area contributed by atoms with Gasteiger partial charge in [0, 0.05) is 23.9 Å². The molecule has 0 aliphatic rings. The van der Waals surface area contributed by atoms with E-state index in [1.165, 1.54) is 0 Å². The van der Waals surface area contributed by atoms with Crippen LogP contribution in [0.2, 0.25) is 0 Å². The van der Waals surface area contributed by atoms with E-state index >= 15 is 0 Å². The minimum Gasteiger partial charge on any atom is -0.494 e. The molecule has 1 aromatic heterocycles. The SMILES string of the molecule is CC/C=C(\CC)OCc1cc(-c2cccc(CNC(=O)OC(C)(C)C)c2)c2occc2c1. The third kappa shape index (κ3) is 6.39.